The number of carboxylic acid groups (broad SMARTS) is 1. The van der Waals surface area contributed by atoms with Gasteiger partial charge in [0, 0.05) is 17.0 Å². The molecule has 3 aromatic rings. The lowest BCUT2D eigenvalue weighted by molar-refractivity contribution is 0.0697. The molecule has 0 aliphatic heterocycles. The topological polar surface area (TPSA) is 76.7 Å². The summed E-state index contributed by atoms with van der Waals surface area (Å²) in [6.45, 7) is 0.306. The number of benzene rings is 2. The molecule has 0 radical (unpaired) electrons. The lowest BCUT2D eigenvalue weighted by Gasteiger charge is -2.09. The smallest absolute Gasteiger partial charge is 0.339 e. The van der Waals surface area contributed by atoms with Gasteiger partial charge in [-0.3, -0.25) is 0 Å². The molecule has 4 rings (SSSR count). The number of aromatic carboxylic acids is 1. The number of fused-ring (bicyclic) bond motifs is 3. The maximum absolute atomic E-state index is 12.0. The largest absolute Gasteiger partial charge is 0.489 e. The van der Waals surface area contributed by atoms with E-state index in [1.165, 1.54) is 0 Å². The van der Waals surface area contributed by atoms with Gasteiger partial charge in [-0.05, 0) is 54.7 Å². The van der Waals surface area contributed by atoms with Crippen LogP contribution in [0.3, 0.4) is 0 Å². The van der Waals surface area contributed by atoms with E-state index in [-0.39, 0.29) is 11.2 Å². The zero-order valence-corrected chi connectivity index (χ0v) is 13.5. The highest BCUT2D eigenvalue weighted by Gasteiger charge is 2.19. The minimum Gasteiger partial charge on any atom is -0.489 e. The van der Waals surface area contributed by atoms with E-state index in [0.717, 1.165) is 41.3 Å². The molecular formula is C20H16O5. The third-order valence-electron chi connectivity index (χ3n) is 4.55. The Morgan fingerprint density at radius 1 is 1.08 bits per heavy atom. The van der Waals surface area contributed by atoms with Gasteiger partial charge in [0.05, 0.1) is 5.56 Å². The van der Waals surface area contributed by atoms with Gasteiger partial charge in [-0.2, -0.15) is 0 Å². The zero-order valence-electron chi connectivity index (χ0n) is 13.5. The number of aryl methyl sites for hydroxylation is 1. The average Bonchev–Trinajstić information content (AvgIpc) is 3.11. The van der Waals surface area contributed by atoms with Crippen LogP contribution in [0, 0.1) is 0 Å². The van der Waals surface area contributed by atoms with Crippen LogP contribution >= 0.6 is 0 Å². The normalized spacial score (nSPS) is 13.0. The first-order valence-electron chi connectivity index (χ1n) is 8.15. The fraction of sp³-hybridized carbons (Fsp3) is 0.200. The van der Waals surface area contributed by atoms with Gasteiger partial charge in [0.25, 0.3) is 0 Å². The SMILES string of the molecule is O=C(O)c1ccc(COc2ccc3c4c(c(=O)oc3c2)CCC4)cc1. The first kappa shape index (κ1) is 15.4. The van der Waals surface area contributed by atoms with Crippen molar-refractivity contribution in [2.45, 2.75) is 25.9 Å². The lowest BCUT2D eigenvalue weighted by Crippen LogP contribution is -2.07. The Labute approximate surface area is 143 Å². The summed E-state index contributed by atoms with van der Waals surface area (Å²) in [7, 11) is 0. The highest BCUT2D eigenvalue weighted by Crippen LogP contribution is 2.29. The van der Waals surface area contributed by atoms with Crippen LogP contribution in [-0.4, -0.2) is 11.1 Å². The van der Waals surface area contributed by atoms with Crippen LogP contribution in [0.15, 0.2) is 51.7 Å². The summed E-state index contributed by atoms with van der Waals surface area (Å²) in [5.41, 5.74) is 3.30. The second-order valence-electron chi connectivity index (χ2n) is 6.15. The van der Waals surface area contributed by atoms with Gasteiger partial charge in [0.2, 0.25) is 0 Å². The predicted molar refractivity (Wildman–Crippen MR) is 92.2 cm³/mol. The maximum atomic E-state index is 12.0. The Hall–Kier alpha value is -3.08. The van der Waals surface area contributed by atoms with Gasteiger partial charge in [-0.25, -0.2) is 9.59 Å². The molecule has 0 fully saturated rings. The molecule has 0 saturated carbocycles. The standard InChI is InChI=1S/C20H16O5/c21-19(22)13-6-4-12(5-7-13)11-24-14-8-9-16-15-2-1-3-17(15)20(23)25-18(16)10-14/h4-10H,1-3,11H2,(H,21,22). The van der Waals surface area contributed by atoms with E-state index >= 15 is 0 Å². The Kier molecular flexibility index (Phi) is 3.76. The van der Waals surface area contributed by atoms with E-state index in [1.54, 1.807) is 30.3 Å². The maximum Gasteiger partial charge on any atom is 0.339 e. The van der Waals surface area contributed by atoms with Crippen molar-refractivity contribution in [2.75, 3.05) is 0 Å². The molecule has 25 heavy (non-hydrogen) atoms. The summed E-state index contributed by atoms with van der Waals surface area (Å²) in [6.07, 6.45) is 2.69. The molecule has 1 aliphatic carbocycles. The van der Waals surface area contributed by atoms with Crippen molar-refractivity contribution in [3.05, 3.63) is 75.1 Å². The Balaban J connectivity index is 1.57. The summed E-state index contributed by atoms with van der Waals surface area (Å²) < 4.78 is 11.2. The van der Waals surface area contributed by atoms with E-state index in [0.29, 0.717) is 17.9 Å². The van der Waals surface area contributed by atoms with Crippen molar-refractivity contribution in [1.82, 2.24) is 0 Å². The molecular weight excluding hydrogens is 320 g/mol. The third-order valence-corrected chi connectivity index (χ3v) is 4.55. The van der Waals surface area contributed by atoms with Crippen molar-refractivity contribution < 1.29 is 19.1 Å². The molecule has 2 aromatic carbocycles. The van der Waals surface area contributed by atoms with Crippen LogP contribution in [0.2, 0.25) is 0 Å². The molecule has 1 heterocycles. The number of ether oxygens (including phenoxy) is 1. The number of hydrogen-bond acceptors (Lipinski definition) is 4. The Morgan fingerprint density at radius 2 is 1.84 bits per heavy atom. The second kappa shape index (κ2) is 6.09. The quantitative estimate of drug-likeness (QED) is 0.737. The van der Waals surface area contributed by atoms with Crippen LogP contribution < -0.4 is 10.4 Å². The summed E-state index contributed by atoms with van der Waals surface area (Å²) in [5.74, 6) is -0.347. The molecule has 5 nitrogen and oxygen atoms in total. The third kappa shape index (κ3) is 2.89. The highest BCUT2D eigenvalue weighted by atomic mass is 16.5. The highest BCUT2D eigenvalue weighted by molar-refractivity contribution is 5.87. The van der Waals surface area contributed by atoms with E-state index in [1.807, 2.05) is 12.1 Å². The first-order chi connectivity index (χ1) is 12.1. The lowest BCUT2D eigenvalue weighted by atomic mass is 10.1. The van der Waals surface area contributed by atoms with Crippen molar-refractivity contribution >= 4 is 16.9 Å². The van der Waals surface area contributed by atoms with Gasteiger partial charge < -0.3 is 14.3 Å². The summed E-state index contributed by atoms with van der Waals surface area (Å²) in [4.78, 5) is 22.9. The van der Waals surface area contributed by atoms with Crippen molar-refractivity contribution in [1.29, 1.82) is 0 Å². The predicted octanol–water partition coefficient (Wildman–Crippen LogP) is 3.56. The van der Waals surface area contributed by atoms with E-state index in [2.05, 4.69) is 0 Å². The Bertz CT molecular complexity index is 1010. The fourth-order valence-electron chi connectivity index (χ4n) is 3.26. The van der Waals surface area contributed by atoms with Crippen LogP contribution in [0.1, 0.15) is 33.5 Å². The number of hydrogen-bond donors (Lipinski definition) is 1. The summed E-state index contributed by atoms with van der Waals surface area (Å²) in [5, 5.41) is 9.88. The number of carbonyl (C=O) groups is 1. The molecule has 0 atom stereocenters. The van der Waals surface area contributed by atoms with Gasteiger partial charge in [0.15, 0.2) is 0 Å². The second-order valence-corrected chi connectivity index (χ2v) is 6.15. The van der Waals surface area contributed by atoms with Crippen LogP contribution in [0.25, 0.3) is 11.0 Å². The first-order valence-corrected chi connectivity index (χ1v) is 8.15. The monoisotopic (exact) mass is 336 g/mol. The van der Waals surface area contributed by atoms with Crippen LogP contribution in [0.4, 0.5) is 0 Å². The molecule has 1 aliphatic rings. The Morgan fingerprint density at radius 3 is 2.60 bits per heavy atom. The zero-order chi connectivity index (χ0) is 17.4. The minimum atomic E-state index is -0.954. The van der Waals surface area contributed by atoms with Gasteiger partial charge in [0.1, 0.15) is 17.9 Å². The number of rotatable bonds is 4. The molecule has 0 unspecified atom stereocenters. The summed E-state index contributed by atoms with van der Waals surface area (Å²) >= 11 is 0. The van der Waals surface area contributed by atoms with Gasteiger partial charge >= 0.3 is 11.6 Å². The molecule has 0 bridgehead atoms. The van der Waals surface area contributed by atoms with Crippen LogP contribution in [0.5, 0.6) is 5.75 Å². The van der Waals surface area contributed by atoms with Crippen molar-refractivity contribution in [2.24, 2.45) is 0 Å². The molecule has 126 valence electrons. The fourth-order valence-corrected chi connectivity index (χ4v) is 3.26. The van der Waals surface area contributed by atoms with Crippen molar-refractivity contribution in [3.63, 3.8) is 0 Å². The molecule has 0 amide bonds. The molecule has 5 heteroatoms. The molecule has 1 aromatic heterocycles. The van der Waals surface area contributed by atoms with Gasteiger partial charge in [-0.15, -0.1) is 0 Å². The number of carboxylic acids is 1. The average molecular weight is 336 g/mol. The van der Waals surface area contributed by atoms with Gasteiger partial charge in [-0.1, -0.05) is 12.1 Å². The van der Waals surface area contributed by atoms with E-state index in [4.69, 9.17) is 14.3 Å². The van der Waals surface area contributed by atoms with E-state index < -0.39 is 5.97 Å². The van der Waals surface area contributed by atoms with Crippen molar-refractivity contribution in [3.8, 4) is 5.75 Å². The van der Waals surface area contributed by atoms with E-state index in [9.17, 15) is 9.59 Å². The molecule has 1 N–H and O–H groups in total. The molecule has 0 saturated heterocycles. The minimum absolute atomic E-state index is 0.241. The van der Waals surface area contributed by atoms with Crippen LogP contribution in [-0.2, 0) is 19.4 Å². The molecule has 0 spiro atoms. The summed E-state index contributed by atoms with van der Waals surface area (Å²) in [6, 6.07) is 12.1.